The number of carbonyl (C=O) groups excluding carboxylic acids is 2. The number of halogens is 1. The lowest BCUT2D eigenvalue weighted by Gasteiger charge is -2.24. The second-order valence-corrected chi connectivity index (χ2v) is 6.86. The number of nitrogens with one attached hydrogen (secondary N) is 2. The topological polar surface area (TPSA) is 58.2 Å². The Bertz CT molecular complexity index is 774. The van der Waals surface area contributed by atoms with E-state index < -0.39 is 0 Å². The van der Waals surface area contributed by atoms with Crippen LogP contribution in [0.25, 0.3) is 0 Å². The maximum absolute atomic E-state index is 12.2. The van der Waals surface area contributed by atoms with Crippen molar-refractivity contribution < 1.29 is 9.59 Å². The standard InChI is InChI=1S/C20H21ClN2O2/c1-13(14-6-9-17(21)10-7-14)22-19(24)11-8-16-12-15-4-2-3-5-18(15)23-20(16)25/h2-7,9-10,13,16H,8,11-12H2,1H3,(H,22,24)(H,23,25)/t13-,16+/m1/s1. The zero-order chi connectivity index (χ0) is 17.8. The fraction of sp³-hybridized carbons (Fsp3) is 0.300. The third-order valence-electron chi connectivity index (χ3n) is 4.58. The molecule has 130 valence electrons. The zero-order valence-corrected chi connectivity index (χ0v) is 14.8. The van der Waals surface area contributed by atoms with Gasteiger partial charge in [-0.1, -0.05) is 41.9 Å². The summed E-state index contributed by atoms with van der Waals surface area (Å²) >= 11 is 5.88. The third-order valence-corrected chi connectivity index (χ3v) is 4.83. The zero-order valence-electron chi connectivity index (χ0n) is 14.1. The predicted octanol–water partition coefficient (Wildman–Crippen LogP) is 4.11. The summed E-state index contributed by atoms with van der Waals surface area (Å²) in [4.78, 5) is 24.4. The highest BCUT2D eigenvalue weighted by Gasteiger charge is 2.26. The number of benzene rings is 2. The number of hydrogen-bond acceptors (Lipinski definition) is 2. The highest BCUT2D eigenvalue weighted by molar-refractivity contribution is 6.30. The van der Waals surface area contributed by atoms with Crippen LogP contribution in [0, 0.1) is 5.92 Å². The first kappa shape index (κ1) is 17.5. The smallest absolute Gasteiger partial charge is 0.227 e. The van der Waals surface area contributed by atoms with E-state index >= 15 is 0 Å². The lowest BCUT2D eigenvalue weighted by molar-refractivity contribution is -0.123. The van der Waals surface area contributed by atoms with E-state index in [0.717, 1.165) is 16.8 Å². The van der Waals surface area contributed by atoms with Crippen LogP contribution < -0.4 is 10.6 Å². The molecule has 1 aliphatic rings. The van der Waals surface area contributed by atoms with E-state index in [9.17, 15) is 9.59 Å². The molecule has 2 aromatic rings. The predicted molar refractivity (Wildman–Crippen MR) is 99.5 cm³/mol. The number of hydrogen-bond donors (Lipinski definition) is 2. The first-order chi connectivity index (χ1) is 12.0. The molecule has 2 aromatic carbocycles. The first-order valence-electron chi connectivity index (χ1n) is 8.46. The van der Waals surface area contributed by atoms with E-state index in [1.54, 1.807) is 0 Å². The molecule has 2 N–H and O–H groups in total. The van der Waals surface area contributed by atoms with Gasteiger partial charge in [0.05, 0.1) is 6.04 Å². The Morgan fingerprint density at radius 2 is 1.96 bits per heavy atom. The molecule has 0 spiro atoms. The van der Waals surface area contributed by atoms with Gasteiger partial charge >= 0.3 is 0 Å². The van der Waals surface area contributed by atoms with Crippen molar-refractivity contribution in [1.82, 2.24) is 5.32 Å². The molecular formula is C20H21ClN2O2. The van der Waals surface area contributed by atoms with Crippen molar-refractivity contribution in [3.8, 4) is 0 Å². The molecule has 0 unspecified atom stereocenters. The molecule has 1 aliphatic heterocycles. The summed E-state index contributed by atoms with van der Waals surface area (Å²) in [5.74, 6) is -0.210. The molecule has 4 nitrogen and oxygen atoms in total. The minimum absolute atomic E-state index is 0.00255. The van der Waals surface area contributed by atoms with Gasteiger partial charge in [-0.25, -0.2) is 0 Å². The fourth-order valence-corrected chi connectivity index (χ4v) is 3.23. The highest BCUT2D eigenvalue weighted by atomic mass is 35.5. The van der Waals surface area contributed by atoms with Crippen LogP contribution in [0.3, 0.4) is 0 Å². The van der Waals surface area contributed by atoms with Crippen LogP contribution in [0.5, 0.6) is 0 Å². The van der Waals surface area contributed by atoms with Crippen LogP contribution in [0.1, 0.15) is 36.9 Å². The Balaban J connectivity index is 1.52. The van der Waals surface area contributed by atoms with Gasteiger partial charge in [-0.2, -0.15) is 0 Å². The van der Waals surface area contributed by atoms with Gasteiger partial charge < -0.3 is 10.6 Å². The van der Waals surface area contributed by atoms with E-state index in [1.807, 2.05) is 55.5 Å². The van der Waals surface area contributed by atoms with Crippen LogP contribution in [-0.2, 0) is 16.0 Å². The number of fused-ring (bicyclic) bond motifs is 1. The molecule has 2 atom stereocenters. The summed E-state index contributed by atoms with van der Waals surface area (Å²) in [6, 6.07) is 15.1. The van der Waals surface area contributed by atoms with E-state index in [1.165, 1.54) is 0 Å². The molecule has 0 saturated carbocycles. The van der Waals surface area contributed by atoms with Crippen molar-refractivity contribution >= 4 is 29.1 Å². The monoisotopic (exact) mass is 356 g/mol. The molecule has 1 heterocycles. The van der Waals surface area contributed by atoms with Gasteiger partial charge in [0.25, 0.3) is 0 Å². The largest absolute Gasteiger partial charge is 0.350 e. The normalized spacial score (nSPS) is 17.4. The van der Waals surface area contributed by atoms with Crippen LogP contribution in [0.2, 0.25) is 5.02 Å². The maximum atomic E-state index is 12.2. The Morgan fingerprint density at radius 1 is 1.24 bits per heavy atom. The van der Waals surface area contributed by atoms with Gasteiger partial charge in [-0.3, -0.25) is 9.59 Å². The fourth-order valence-electron chi connectivity index (χ4n) is 3.10. The van der Waals surface area contributed by atoms with Gasteiger partial charge in [0.2, 0.25) is 11.8 Å². The lowest BCUT2D eigenvalue weighted by atomic mass is 9.89. The average molecular weight is 357 g/mol. The summed E-state index contributed by atoms with van der Waals surface area (Å²) in [5, 5.41) is 6.57. The maximum Gasteiger partial charge on any atom is 0.227 e. The van der Waals surface area contributed by atoms with Gasteiger partial charge in [0.15, 0.2) is 0 Å². The Hall–Kier alpha value is -2.33. The van der Waals surface area contributed by atoms with Crippen LogP contribution in [0.4, 0.5) is 5.69 Å². The van der Waals surface area contributed by atoms with Crippen molar-refractivity contribution in [2.24, 2.45) is 5.92 Å². The third kappa shape index (κ3) is 4.40. The molecule has 0 aromatic heterocycles. The molecular weight excluding hydrogens is 336 g/mol. The summed E-state index contributed by atoms with van der Waals surface area (Å²) in [6.07, 6.45) is 1.56. The summed E-state index contributed by atoms with van der Waals surface area (Å²) in [7, 11) is 0. The minimum Gasteiger partial charge on any atom is -0.350 e. The molecule has 2 amide bonds. The quantitative estimate of drug-likeness (QED) is 0.847. The number of anilines is 1. The molecule has 0 radical (unpaired) electrons. The first-order valence-corrected chi connectivity index (χ1v) is 8.84. The van der Waals surface area contributed by atoms with Crippen molar-refractivity contribution in [1.29, 1.82) is 0 Å². The Kier molecular flexibility index (Phi) is 5.39. The lowest BCUT2D eigenvalue weighted by Crippen LogP contribution is -2.32. The van der Waals surface area contributed by atoms with Gasteiger partial charge in [-0.15, -0.1) is 0 Å². The summed E-state index contributed by atoms with van der Waals surface area (Å²) in [5.41, 5.74) is 3.01. The molecule has 5 heteroatoms. The van der Waals surface area contributed by atoms with Gasteiger partial charge in [-0.05, 0) is 49.1 Å². The Labute approximate surface area is 152 Å². The van der Waals surface area contributed by atoms with Crippen LogP contribution in [0.15, 0.2) is 48.5 Å². The van der Waals surface area contributed by atoms with Crippen LogP contribution in [-0.4, -0.2) is 11.8 Å². The molecule has 0 fully saturated rings. The minimum atomic E-state index is -0.161. The molecule has 3 rings (SSSR count). The molecule has 0 aliphatic carbocycles. The van der Waals surface area contributed by atoms with E-state index in [-0.39, 0.29) is 23.8 Å². The van der Waals surface area contributed by atoms with E-state index in [2.05, 4.69) is 10.6 Å². The van der Waals surface area contributed by atoms with Crippen molar-refractivity contribution in [3.63, 3.8) is 0 Å². The van der Waals surface area contributed by atoms with Crippen molar-refractivity contribution in [2.45, 2.75) is 32.2 Å². The number of para-hydroxylation sites is 1. The van der Waals surface area contributed by atoms with E-state index in [4.69, 9.17) is 11.6 Å². The molecule has 0 bridgehead atoms. The number of rotatable bonds is 5. The number of amides is 2. The van der Waals surface area contributed by atoms with Crippen molar-refractivity contribution in [3.05, 3.63) is 64.7 Å². The van der Waals surface area contributed by atoms with Gasteiger partial charge in [0.1, 0.15) is 0 Å². The molecule has 0 saturated heterocycles. The number of carbonyl (C=O) groups is 2. The van der Waals surface area contributed by atoms with Gasteiger partial charge in [0, 0.05) is 23.0 Å². The average Bonchev–Trinajstić information content (AvgIpc) is 2.60. The summed E-state index contributed by atoms with van der Waals surface area (Å²) < 4.78 is 0. The van der Waals surface area contributed by atoms with E-state index in [0.29, 0.717) is 24.3 Å². The SMILES string of the molecule is C[C@@H](NC(=O)CC[C@H]1Cc2ccccc2NC1=O)c1ccc(Cl)cc1. The highest BCUT2D eigenvalue weighted by Crippen LogP contribution is 2.27. The Morgan fingerprint density at radius 3 is 2.72 bits per heavy atom. The second kappa shape index (κ2) is 7.70. The van der Waals surface area contributed by atoms with Crippen molar-refractivity contribution in [2.75, 3.05) is 5.32 Å². The van der Waals surface area contributed by atoms with Crippen LogP contribution >= 0.6 is 11.6 Å². The summed E-state index contributed by atoms with van der Waals surface area (Å²) in [6.45, 7) is 1.94. The molecule has 25 heavy (non-hydrogen) atoms. The second-order valence-electron chi connectivity index (χ2n) is 6.43.